The van der Waals surface area contributed by atoms with E-state index in [0.717, 1.165) is 12.8 Å². The van der Waals surface area contributed by atoms with E-state index in [9.17, 15) is 30.0 Å². The van der Waals surface area contributed by atoms with E-state index < -0.39 is 42.7 Å². The molecule has 4 rings (SSSR count). The number of rotatable bonds is 10. The highest BCUT2D eigenvalue weighted by Gasteiger charge is 2.48. The molecule has 38 heavy (non-hydrogen) atoms. The van der Waals surface area contributed by atoms with Crippen LogP contribution in [0.2, 0.25) is 0 Å². The van der Waals surface area contributed by atoms with Gasteiger partial charge in [-0.05, 0) is 43.5 Å². The monoisotopic (exact) mass is 529 g/mol. The number of carboxylic acid groups (broad SMARTS) is 1. The van der Waals surface area contributed by atoms with Gasteiger partial charge in [-0.25, -0.2) is 4.79 Å². The van der Waals surface area contributed by atoms with E-state index in [0.29, 0.717) is 34.7 Å². The lowest BCUT2D eigenvalue weighted by Gasteiger charge is -2.27. The first-order valence-corrected chi connectivity index (χ1v) is 12.6. The van der Waals surface area contributed by atoms with Crippen LogP contribution in [0.5, 0.6) is 5.75 Å². The summed E-state index contributed by atoms with van der Waals surface area (Å²) in [7, 11) is 1.50. The number of carboxylic acids is 1. The Balaban J connectivity index is 1.74. The fourth-order valence-corrected chi connectivity index (χ4v) is 5.67. The van der Waals surface area contributed by atoms with Crippen molar-refractivity contribution in [1.29, 1.82) is 0 Å². The van der Waals surface area contributed by atoms with Gasteiger partial charge in [0.05, 0.1) is 44.6 Å². The minimum absolute atomic E-state index is 0.0232. The Kier molecular flexibility index (Phi) is 8.54. The summed E-state index contributed by atoms with van der Waals surface area (Å²) < 4.78 is 5.77. The molecule has 0 bridgehead atoms. The van der Waals surface area contributed by atoms with E-state index in [1.807, 2.05) is 17.0 Å². The van der Waals surface area contributed by atoms with Crippen LogP contribution in [0.4, 0.5) is 5.69 Å². The van der Waals surface area contributed by atoms with Crippen LogP contribution in [0.1, 0.15) is 35.7 Å². The van der Waals surface area contributed by atoms with Crippen molar-refractivity contribution in [3.63, 3.8) is 0 Å². The predicted octanol–water partition coefficient (Wildman–Crippen LogP) is 0.981. The van der Waals surface area contributed by atoms with E-state index in [4.69, 9.17) is 15.3 Å². The van der Waals surface area contributed by atoms with Gasteiger partial charge in [0.2, 0.25) is 5.91 Å². The van der Waals surface area contributed by atoms with Crippen molar-refractivity contribution in [2.75, 3.05) is 31.8 Å². The zero-order valence-electron chi connectivity index (χ0n) is 21.5. The summed E-state index contributed by atoms with van der Waals surface area (Å²) >= 11 is 0. The molecule has 0 spiro atoms. The van der Waals surface area contributed by atoms with E-state index >= 15 is 0 Å². The molecule has 2 aliphatic heterocycles. The molecular weight excluding hydrogens is 494 g/mol. The number of hydrogen-bond acceptors (Lipinski definition) is 9. The number of carbonyl (C=O) groups excluding carboxylic acids is 1. The topological polar surface area (TPSA) is 166 Å². The molecule has 206 valence electrons. The number of nitrogens with two attached hydrogens (primary N) is 1. The predicted molar refractivity (Wildman–Crippen MR) is 138 cm³/mol. The smallest absolute Gasteiger partial charge is 0.335 e. The SMILES string of the molecule is COc1c(CN2O[C@@H](CO)[C@@H]([C@H](C)O)[C@H]2C(N)=O)cccc1-c1cc(C(=O)O)cc(N2CCC[C@@H]2CO)c1. The van der Waals surface area contributed by atoms with E-state index in [1.54, 1.807) is 24.3 Å². The molecule has 0 aromatic heterocycles. The number of carbonyl (C=O) groups is 2. The number of aromatic carboxylic acids is 1. The number of primary amides is 1. The largest absolute Gasteiger partial charge is 0.496 e. The summed E-state index contributed by atoms with van der Waals surface area (Å²) in [5.74, 6) is -2.03. The summed E-state index contributed by atoms with van der Waals surface area (Å²) in [6.45, 7) is 1.87. The molecule has 5 atom stereocenters. The van der Waals surface area contributed by atoms with Crippen LogP contribution in [0.3, 0.4) is 0 Å². The minimum Gasteiger partial charge on any atom is -0.496 e. The normalized spacial score (nSPS) is 24.5. The lowest BCUT2D eigenvalue weighted by Crippen LogP contribution is -2.47. The Morgan fingerprint density at radius 1 is 1.21 bits per heavy atom. The molecule has 2 aromatic carbocycles. The van der Waals surface area contributed by atoms with Crippen molar-refractivity contribution in [1.82, 2.24) is 5.06 Å². The average molecular weight is 530 g/mol. The molecule has 2 aliphatic rings. The maximum Gasteiger partial charge on any atom is 0.335 e. The molecule has 0 radical (unpaired) electrons. The Morgan fingerprint density at radius 3 is 2.58 bits per heavy atom. The number of anilines is 1. The number of hydroxylamine groups is 2. The quantitative estimate of drug-likeness (QED) is 0.299. The number of methoxy groups -OCH3 is 1. The number of nitrogens with zero attached hydrogens (tertiary/aromatic N) is 2. The van der Waals surface area contributed by atoms with Gasteiger partial charge >= 0.3 is 5.97 Å². The summed E-state index contributed by atoms with van der Waals surface area (Å²) in [6, 6.07) is 9.39. The van der Waals surface area contributed by atoms with Gasteiger partial charge in [0.1, 0.15) is 17.9 Å². The number of amides is 1. The van der Waals surface area contributed by atoms with Gasteiger partial charge in [-0.1, -0.05) is 18.2 Å². The molecule has 2 heterocycles. The highest BCUT2D eigenvalue weighted by Crippen LogP contribution is 2.39. The van der Waals surface area contributed by atoms with Gasteiger partial charge < -0.3 is 35.8 Å². The van der Waals surface area contributed by atoms with Crippen LogP contribution in [0, 0.1) is 5.92 Å². The standard InChI is InChI=1S/C27H35N3O8/c1-15(33)23-22(14-32)38-30(24(23)26(28)34)12-16-5-3-7-21(25(16)37-2)17-9-18(27(35)36)11-20(10-17)29-8-4-6-19(29)13-31/h3,5,7,9-11,15,19,22-24,31-33H,4,6,8,12-14H2,1-2H3,(H2,28,34)(H,35,36)/t15-,19+,22-,23+,24-/m0/s1. The van der Waals surface area contributed by atoms with Gasteiger partial charge in [-0.3, -0.25) is 9.63 Å². The third-order valence-electron chi connectivity index (χ3n) is 7.43. The molecule has 1 amide bonds. The summed E-state index contributed by atoms with van der Waals surface area (Å²) in [6.07, 6.45) is -0.0403. The van der Waals surface area contributed by atoms with Gasteiger partial charge in [0, 0.05) is 29.3 Å². The lowest BCUT2D eigenvalue weighted by atomic mass is 9.89. The maximum absolute atomic E-state index is 12.3. The van der Waals surface area contributed by atoms with Gasteiger partial charge in [-0.15, -0.1) is 0 Å². The van der Waals surface area contributed by atoms with Crippen molar-refractivity contribution >= 4 is 17.6 Å². The lowest BCUT2D eigenvalue weighted by molar-refractivity contribution is -0.181. The van der Waals surface area contributed by atoms with Crippen molar-refractivity contribution in [2.45, 2.75) is 50.6 Å². The van der Waals surface area contributed by atoms with Crippen molar-refractivity contribution in [3.8, 4) is 16.9 Å². The molecule has 6 N–H and O–H groups in total. The second kappa shape index (κ2) is 11.7. The van der Waals surface area contributed by atoms with E-state index in [2.05, 4.69) is 0 Å². The van der Waals surface area contributed by atoms with Crippen LogP contribution in [0.25, 0.3) is 11.1 Å². The van der Waals surface area contributed by atoms with Gasteiger partial charge in [0.15, 0.2) is 0 Å². The van der Waals surface area contributed by atoms with Crippen LogP contribution in [-0.2, 0) is 16.2 Å². The summed E-state index contributed by atoms with van der Waals surface area (Å²) in [5.41, 5.74) is 8.35. The van der Waals surface area contributed by atoms with Gasteiger partial charge in [0.25, 0.3) is 0 Å². The fraction of sp³-hybridized carbons (Fsp3) is 0.481. The van der Waals surface area contributed by atoms with Gasteiger partial charge in [-0.2, -0.15) is 5.06 Å². The zero-order valence-corrected chi connectivity index (χ0v) is 21.5. The Morgan fingerprint density at radius 2 is 1.97 bits per heavy atom. The Bertz CT molecular complexity index is 1170. The molecule has 2 aromatic rings. The highest BCUT2D eigenvalue weighted by molar-refractivity contribution is 5.92. The molecule has 11 nitrogen and oxygen atoms in total. The zero-order chi connectivity index (χ0) is 27.6. The Labute approximate surface area is 220 Å². The molecule has 0 saturated carbocycles. The molecular formula is C27H35N3O8. The highest BCUT2D eigenvalue weighted by atomic mass is 16.7. The summed E-state index contributed by atoms with van der Waals surface area (Å²) in [4.78, 5) is 32.2. The number of benzene rings is 2. The van der Waals surface area contributed by atoms with Crippen LogP contribution in [0.15, 0.2) is 36.4 Å². The first kappa shape index (κ1) is 27.8. The maximum atomic E-state index is 12.3. The van der Waals surface area contributed by atoms with Crippen molar-refractivity contribution < 1.29 is 39.6 Å². The molecule has 2 fully saturated rings. The number of ether oxygens (including phenoxy) is 1. The van der Waals surface area contributed by atoms with E-state index in [-0.39, 0.29) is 24.8 Å². The second-order valence-electron chi connectivity index (χ2n) is 9.81. The van der Waals surface area contributed by atoms with Crippen LogP contribution >= 0.6 is 0 Å². The minimum atomic E-state index is -1.07. The molecule has 11 heteroatoms. The first-order chi connectivity index (χ1) is 18.2. The first-order valence-electron chi connectivity index (χ1n) is 12.6. The third-order valence-corrected chi connectivity index (χ3v) is 7.43. The number of aliphatic hydroxyl groups is 3. The average Bonchev–Trinajstić information content (AvgIpc) is 3.53. The molecule has 0 unspecified atom stereocenters. The third kappa shape index (κ3) is 5.33. The molecule has 0 aliphatic carbocycles. The fourth-order valence-electron chi connectivity index (χ4n) is 5.67. The van der Waals surface area contributed by atoms with E-state index in [1.165, 1.54) is 19.1 Å². The molecule has 2 saturated heterocycles. The van der Waals surface area contributed by atoms with Crippen LogP contribution in [-0.4, -0.2) is 88.5 Å². The Hall–Kier alpha value is -3.22. The van der Waals surface area contributed by atoms with Crippen molar-refractivity contribution in [2.24, 2.45) is 11.7 Å². The second-order valence-corrected chi connectivity index (χ2v) is 9.81. The number of para-hydroxylation sites is 1. The van der Waals surface area contributed by atoms with Crippen LogP contribution < -0.4 is 15.4 Å². The number of aliphatic hydroxyl groups excluding tert-OH is 3. The summed E-state index contributed by atoms with van der Waals surface area (Å²) in [5, 5.41) is 41.0. The number of hydrogen-bond donors (Lipinski definition) is 5. The van der Waals surface area contributed by atoms with Crippen molar-refractivity contribution in [3.05, 3.63) is 47.5 Å².